The van der Waals surface area contributed by atoms with E-state index >= 15 is 0 Å². The van der Waals surface area contributed by atoms with Gasteiger partial charge >= 0.3 is 0 Å². The van der Waals surface area contributed by atoms with Gasteiger partial charge in [-0.3, -0.25) is 0 Å². The number of fused-ring (bicyclic) bond motifs is 2. The first-order valence-corrected chi connectivity index (χ1v) is 8.03. The summed E-state index contributed by atoms with van der Waals surface area (Å²) in [7, 11) is 1.67. The van der Waals surface area contributed by atoms with Crippen LogP contribution in [0.5, 0.6) is 0 Å². The van der Waals surface area contributed by atoms with Gasteiger partial charge in [0.05, 0.1) is 6.54 Å². The molecule has 3 aromatic rings. The lowest BCUT2D eigenvalue weighted by Crippen LogP contribution is -2.37. The Morgan fingerprint density at radius 2 is 2.35 bits per heavy atom. The molecule has 0 saturated carbocycles. The normalized spacial score (nSPS) is 17.5. The lowest BCUT2D eigenvalue weighted by atomic mass is 10.1. The summed E-state index contributed by atoms with van der Waals surface area (Å²) in [4.78, 5) is 7.79. The van der Waals surface area contributed by atoms with Gasteiger partial charge < -0.3 is 15.0 Å². The summed E-state index contributed by atoms with van der Waals surface area (Å²) in [5.74, 6) is 1.85. The number of hydrogen-bond donors (Lipinski definition) is 2. The highest BCUT2D eigenvalue weighted by Gasteiger charge is 2.21. The smallest absolute Gasteiger partial charge is 0.176 e. The van der Waals surface area contributed by atoms with Gasteiger partial charge in [-0.25, -0.2) is 9.67 Å². The number of aryl methyl sites for hydroxylation is 1. The van der Waals surface area contributed by atoms with E-state index in [1.807, 2.05) is 10.9 Å². The molecule has 120 valence electrons. The zero-order chi connectivity index (χ0) is 15.6. The summed E-state index contributed by atoms with van der Waals surface area (Å²) < 4.78 is 7.13. The van der Waals surface area contributed by atoms with Gasteiger partial charge in [0.15, 0.2) is 5.82 Å². The fourth-order valence-corrected chi connectivity index (χ4v) is 3.28. The van der Waals surface area contributed by atoms with Crippen LogP contribution in [0, 0.1) is 0 Å². The van der Waals surface area contributed by atoms with Crippen molar-refractivity contribution in [3.63, 3.8) is 0 Å². The third-order valence-corrected chi connectivity index (χ3v) is 4.44. The summed E-state index contributed by atoms with van der Waals surface area (Å²) in [6.07, 6.45) is 4.05. The molecule has 0 bridgehead atoms. The van der Waals surface area contributed by atoms with E-state index in [0.29, 0.717) is 12.6 Å². The second-order valence-electron chi connectivity index (χ2n) is 6.03. The third kappa shape index (κ3) is 2.87. The minimum atomic E-state index is 0.425. The van der Waals surface area contributed by atoms with Crippen molar-refractivity contribution in [2.24, 2.45) is 0 Å². The summed E-state index contributed by atoms with van der Waals surface area (Å²) >= 11 is 0. The van der Waals surface area contributed by atoms with E-state index in [1.165, 1.54) is 16.5 Å². The van der Waals surface area contributed by atoms with Gasteiger partial charge in [-0.15, -0.1) is 0 Å². The van der Waals surface area contributed by atoms with Gasteiger partial charge in [-0.2, -0.15) is 5.10 Å². The van der Waals surface area contributed by atoms with Crippen molar-refractivity contribution >= 4 is 10.9 Å². The molecule has 0 radical (unpaired) electrons. The van der Waals surface area contributed by atoms with Gasteiger partial charge in [0.25, 0.3) is 0 Å². The Kier molecular flexibility index (Phi) is 3.85. The third-order valence-electron chi connectivity index (χ3n) is 4.44. The van der Waals surface area contributed by atoms with Crippen LogP contribution in [0.15, 0.2) is 30.5 Å². The average Bonchev–Trinajstić information content (AvgIpc) is 3.18. The highest BCUT2D eigenvalue weighted by atomic mass is 16.5. The Hall–Kier alpha value is -2.18. The number of H-pyrrole nitrogens is 1. The molecule has 4 rings (SSSR count). The summed E-state index contributed by atoms with van der Waals surface area (Å²) in [6.45, 7) is 2.22. The van der Waals surface area contributed by atoms with Crippen molar-refractivity contribution < 1.29 is 4.74 Å². The van der Waals surface area contributed by atoms with Crippen LogP contribution in [-0.4, -0.2) is 32.9 Å². The Bertz CT molecular complexity index is 806. The minimum absolute atomic E-state index is 0.425. The Morgan fingerprint density at radius 3 is 3.26 bits per heavy atom. The maximum atomic E-state index is 5.11. The van der Waals surface area contributed by atoms with Crippen LogP contribution in [0.3, 0.4) is 0 Å². The molecule has 0 amide bonds. The predicted octanol–water partition coefficient (Wildman–Crippen LogP) is 2.01. The molecule has 0 saturated heterocycles. The fourth-order valence-electron chi connectivity index (χ4n) is 3.28. The first kappa shape index (κ1) is 14.4. The van der Waals surface area contributed by atoms with Crippen LogP contribution in [0.2, 0.25) is 0 Å². The molecule has 3 heterocycles. The van der Waals surface area contributed by atoms with Crippen LogP contribution < -0.4 is 5.32 Å². The second kappa shape index (κ2) is 6.14. The van der Waals surface area contributed by atoms with E-state index in [1.54, 1.807) is 7.11 Å². The first-order valence-electron chi connectivity index (χ1n) is 8.03. The van der Waals surface area contributed by atoms with Gasteiger partial charge in [0.2, 0.25) is 0 Å². The molecule has 0 fully saturated rings. The number of rotatable bonds is 5. The topological polar surface area (TPSA) is 67.8 Å². The van der Waals surface area contributed by atoms with Gasteiger partial charge in [0, 0.05) is 43.2 Å². The largest absolute Gasteiger partial charge is 0.377 e. The minimum Gasteiger partial charge on any atom is -0.377 e. The average molecular weight is 311 g/mol. The summed E-state index contributed by atoms with van der Waals surface area (Å²) in [6, 6.07) is 8.96. The van der Waals surface area contributed by atoms with E-state index in [0.717, 1.165) is 37.6 Å². The fraction of sp³-hybridized carbons (Fsp3) is 0.412. The van der Waals surface area contributed by atoms with Gasteiger partial charge in [-0.1, -0.05) is 12.1 Å². The van der Waals surface area contributed by atoms with Crippen molar-refractivity contribution in [3.05, 3.63) is 47.7 Å². The summed E-state index contributed by atoms with van der Waals surface area (Å²) in [5.41, 5.74) is 2.52. The van der Waals surface area contributed by atoms with Crippen LogP contribution in [-0.2, 0) is 30.9 Å². The lowest BCUT2D eigenvalue weighted by Gasteiger charge is -2.23. The maximum absolute atomic E-state index is 5.11. The van der Waals surface area contributed by atoms with Crippen LogP contribution in [0.1, 0.15) is 23.6 Å². The van der Waals surface area contributed by atoms with Crippen LogP contribution in [0.4, 0.5) is 0 Å². The monoisotopic (exact) mass is 311 g/mol. The quantitative estimate of drug-likeness (QED) is 0.756. The van der Waals surface area contributed by atoms with Crippen LogP contribution in [0.25, 0.3) is 10.9 Å². The highest BCUT2D eigenvalue weighted by molar-refractivity contribution is 5.82. The van der Waals surface area contributed by atoms with Crippen LogP contribution >= 0.6 is 0 Å². The number of aromatic nitrogens is 4. The molecule has 1 aliphatic rings. The van der Waals surface area contributed by atoms with E-state index in [4.69, 9.17) is 4.74 Å². The van der Waals surface area contributed by atoms with Gasteiger partial charge in [0.1, 0.15) is 12.4 Å². The van der Waals surface area contributed by atoms with E-state index in [2.05, 4.69) is 44.6 Å². The molecular formula is C17H21N5O. The number of nitrogens with one attached hydrogen (secondary N) is 2. The molecule has 6 nitrogen and oxygen atoms in total. The number of ether oxygens (including phenoxy) is 1. The zero-order valence-electron chi connectivity index (χ0n) is 13.2. The van der Waals surface area contributed by atoms with Crippen molar-refractivity contribution in [2.45, 2.75) is 38.6 Å². The molecule has 6 heteroatoms. The van der Waals surface area contributed by atoms with E-state index in [-0.39, 0.29) is 0 Å². The molecule has 0 spiro atoms. The molecule has 1 aromatic carbocycles. The zero-order valence-corrected chi connectivity index (χ0v) is 13.2. The number of aromatic amines is 1. The molecule has 1 aliphatic heterocycles. The highest BCUT2D eigenvalue weighted by Crippen LogP contribution is 2.18. The second-order valence-corrected chi connectivity index (χ2v) is 6.03. The summed E-state index contributed by atoms with van der Waals surface area (Å²) in [5, 5.41) is 9.48. The number of methoxy groups -OCH3 is 1. The number of benzene rings is 1. The number of hydrogen-bond acceptors (Lipinski definition) is 4. The predicted molar refractivity (Wildman–Crippen MR) is 88.0 cm³/mol. The standard InChI is InChI=1S/C17H21N5O/c1-23-11-16-20-17-6-5-13(10-22(17)21-16)19-9-12-3-2-4-15-14(12)7-8-18-15/h2-4,7-8,13,18-19H,5-6,9-11H2,1H3/t13-/m0/s1. The first-order chi connectivity index (χ1) is 11.3. The SMILES string of the molecule is COCc1nc2n(n1)C[C@@H](NCc1cccc3[nH]ccc13)CC2. The molecule has 0 unspecified atom stereocenters. The van der Waals surface area contributed by atoms with Crippen molar-refractivity contribution in [2.75, 3.05) is 7.11 Å². The van der Waals surface area contributed by atoms with E-state index < -0.39 is 0 Å². The van der Waals surface area contributed by atoms with Crippen molar-refractivity contribution in [1.82, 2.24) is 25.1 Å². The molecular weight excluding hydrogens is 290 g/mol. The van der Waals surface area contributed by atoms with Crippen molar-refractivity contribution in [3.8, 4) is 0 Å². The van der Waals surface area contributed by atoms with Gasteiger partial charge in [-0.05, 0) is 24.1 Å². The molecule has 23 heavy (non-hydrogen) atoms. The molecule has 2 N–H and O–H groups in total. The van der Waals surface area contributed by atoms with Crippen molar-refractivity contribution in [1.29, 1.82) is 0 Å². The Balaban J connectivity index is 1.43. The Labute approximate surface area is 134 Å². The molecule has 1 atom stereocenters. The molecule has 2 aromatic heterocycles. The number of nitrogens with zero attached hydrogens (tertiary/aromatic N) is 3. The Morgan fingerprint density at radius 1 is 1.39 bits per heavy atom. The lowest BCUT2D eigenvalue weighted by molar-refractivity contribution is 0.177. The molecule has 0 aliphatic carbocycles. The maximum Gasteiger partial charge on any atom is 0.176 e. The van der Waals surface area contributed by atoms with E-state index in [9.17, 15) is 0 Å².